The van der Waals surface area contributed by atoms with Gasteiger partial charge in [-0.1, -0.05) is 36.9 Å². The van der Waals surface area contributed by atoms with E-state index in [1.165, 1.54) is 23.9 Å². The number of hydrogen-bond acceptors (Lipinski definition) is 7. The lowest BCUT2D eigenvalue weighted by atomic mass is 10.0. The Balaban J connectivity index is 1.91. The smallest absolute Gasteiger partial charge is 0.283 e. The zero-order chi connectivity index (χ0) is 28.5. The number of rotatable bonds is 13. The van der Waals surface area contributed by atoms with Crippen LogP contribution in [0.5, 0.6) is 11.5 Å². The van der Waals surface area contributed by atoms with Gasteiger partial charge in [0.05, 0.1) is 26.3 Å². The van der Waals surface area contributed by atoms with Gasteiger partial charge in [-0.15, -0.1) is 11.3 Å². The minimum atomic E-state index is -1.71. The molecule has 39 heavy (non-hydrogen) atoms. The molecule has 1 heterocycles. The maximum absolute atomic E-state index is 13.9. The molecule has 0 aliphatic carbocycles. The average Bonchev–Trinajstić information content (AvgIpc) is 3.31. The Morgan fingerprint density at radius 3 is 2.33 bits per heavy atom. The molecule has 1 atom stereocenters. The lowest BCUT2D eigenvalue weighted by molar-refractivity contribution is 0.0740. The van der Waals surface area contributed by atoms with Crippen LogP contribution in [0.4, 0.5) is 0 Å². The molecule has 0 aliphatic rings. The van der Waals surface area contributed by atoms with Crippen molar-refractivity contribution in [1.29, 1.82) is 0 Å². The van der Waals surface area contributed by atoms with Crippen molar-refractivity contribution in [3.63, 3.8) is 0 Å². The van der Waals surface area contributed by atoms with E-state index in [-0.39, 0.29) is 18.1 Å². The molecule has 2 aromatic carbocycles. The number of hydrogen-bond donors (Lipinski definition) is 2. The van der Waals surface area contributed by atoms with Gasteiger partial charge < -0.3 is 14.4 Å². The topological polar surface area (TPSA) is 110 Å². The lowest BCUT2D eigenvalue weighted by Gasteiger charge is -2.23. The van der Waals surface area contributed by atoms with Gasteiger partial charge in [0, 0.05) is 17.0 Å². The summed E-state index contributed by atoms with van der Waals surface area (Å²) < 4.78 is 27.6. The molecule has 1 aromatic heterocycles. The van der Waals surface area contributed by atoms with E-state index in [1.54, 1.807) is 38.2 Å². The minimum Gasteiger partial charge on any atom is -0.496 e. The molecule has 0 saturated carbocycles. The van der Waals surface area contributed by atoms with Crippen LogP contribution in [-0.4, -0.2) is 53.7 Å². The molecule has 9 nitrogen and oxygen atoms in total. The third-order valence-electron chi connectivity index (χ3n) is 5.96. The molecule has 208 valence electrons. The number of thiazole rings is 1. The van der Waals surface area contributed by atoms with Crippen LogP contribution in [0.25, 0.3) is 5.57 Å². The van der Waals surface area contributed by atoms with Crippen molar-refractivity contribution in [3.8, 4) is 11.5 Å². The third-order valence-corrected chi connectivity index (χ3v) is 7.65. The highest BCUT2D eigenvalue weighted by Gasteiger charge is 2.24. The molecule has 0 bridgehead atoms. The molecule has 0 fully saturated rings. The number of ether oxygens (including phenoxy) is 2. The summed E-state index contributed by atoms with van der Waals surface area (Å²) in [6, 6.07) is 13.5. The first kappa shape index (κ1) is 30.0. The van der Waals surface area contributed by atoms with E-state index in [9.17, 15) is 13.8 Å². The normalized spacial score (nSPS) is 11.5. The van der Waals surface area contributed by atoms with Crippen molar-refractivity contribution in [3.05, 3.63) is 81.3 Å². The molecule has 0 aliphatic heterocycles. The molecule has 1 unspecified atom stereocenters. The predicted octanol–water partition coefficient (Wildman–Crippen LogP) is 4.30. The standard InChI is InChI=1S/C28H34N4O5S2/c1-18(2)25-22(36-5)15-21(16-23(25)37-6)28(34)32(14-10-13-20-11-8-7-9-12-20)17-24-30-26(19(3)38-24)27(33)31-39(35)29-4/h7-9,11-12,15-16,29H,1,10,13-14,17H2,2-6H3,(H,31,33). The number of amides is 2. The highest BCUT2D eigenvalue weighted by molar-refractivity contribution is 7.81. The maximum atomic E-state index is 13.9. The zero-order valence-corrected chi connectivity index (χ0v) is 24.5. The van der Waals surface area contributed by atoms with E-state index in [1.807, 2.05) is 25.1 Å². The van der Waals surface area contributed by atoms with Crippen LogP contribution in [-0.2, 0) is 24.1 Å². The second-order valence-corrected chi connectivity index (χ2v) is 11.2. The monoisotopic (exact) mass is 570 g/mol. The van der Waals surface area contributed by atoms with Crippen LogP contribution in [0.2, 0.25) is 0 Å². The Kier molecular flexibility index (Phi) is 10.8. The second kappa shape index (κ2) is 14.0. The molecule has 0 saturated heterocycles. The molecule has 3 rings (SSSR count). The van der Waals surface area contributed by atoms with Crippen LogP contribution in [0.15, 0.2) is 49.0 Å². The first-order chi connectivity index (χ1) is 18.7. The summed E-state index contributed by atoms with van der Waals surface area (Å²) in [5.74, 6) is 0.226. The fourth-order valence-electron chi connectivity index (χ4n) is 4.09. The fraction of sp³-hybridized carbons (Fsp3) is 0.321. The first-order valence-corrected chi connectivity index (χ1v) is 14.3. The van der Waals surface area contributed by atoms with E-state index < -0.39 is 17.1 Å². The molecule has 11 heteroatoms. The quantitative estimate of drug-likeness (QED) is 0.317. The van der Waals surface area contributed by atoms with Crippen LogP contribution in [0.1, 0.15) is 55.2 Å². The molecule has 0 spiro atoms. The minimum absolute atomic E-state index is 0.185. The third kappa shape index (κ3) is 7.75. The molecule has 0 radical (unpaired) electrons. The van der Waals surface area contributed by atoms with Crippen molar-refractivity contribution in [2.45, 2.75) is 33.2 Å². The highest BCUT2D eigenvalue weighted by Crippen LogP contribution is 2.36. The second-order valence-electron chi connectivity index (χ2n) is 8.77. The number of aryl methyl sites for hydroxylation is 2. The molecule has 3 aromatic rings. The fourth-order valence-corrected chi connectivity index (χ4v) is 5.40. The number of allylic oxidation sites excluding steroid dienone is 1. The zero-order valence-electron chi connectivity index (χ0n) is 22.8. The number of carbonyl (C=O) groups is 2. The van der Waals surface area contributed by atoms with Gasteiger partial charge in [0.25, 0.3) is 11.8 Å². The summed E-state index contributed by atoms with van der Waals surface area (Å²) in [6.07, 6.45) is 1.53. The SMILES string of the molecule is C=C(C)c1c(OC)cc(C(=O)N(CCCc2ccccc2)Cc2nc(C(=O)NS(=O)NC)c(C)s2)cc1OC. The van der Waals surface area contributed by atoms with E-state index >= 15 is 0 Å². The van der Waals surface area contributed by atoms with E-state index in [0.29, 0.717) is 39.1 Å². The summed E-state index contributed by atoms with van der Waals surface area (Å²) in [5.41, 5.74) is 3.23. The van der Waals surface area contributed by atoms with Gasteiger partial charge in [-0.25, -0.2) is 13.9 Å². The summed E-state index contributed by atoms with van der Waals surface area (Å²) >= 11 is -0.390. The van der Waals surface area contributed by atoms with Crippen molar-refractivity contribution >= 4 is 39.9 Å². The Morgan fingerprint density at radius 1 is 1.13 bits per heavy atom. The lowest BCUT2D eigenvalue weighted by Crippen LogP contribution is -2.33. The summed E-state index contributed by atoms with van der Waals surface area (Å²) in [6.45, 7) is 8.29. The number of carbonyl (C=O) groups excluding carboxylic acids is 2. The molecule has 2 amide bonds. The summed E-state index contributed by atoms with van der Waals surface area (Å²) in [4.78, 5) is 33.2. The summed E-state index contributed by atoms with van der Waals surface area (Å²) in [7, 11) is 4.56. The summed E-state index contributed by atoms with van der Waals surface area (Å²) in [5, 5.41) is 0.596. The number of benzene rings is 2. The first-order valence-electron chi connectivity index (χ1n) is 12.3. The predicted molar refractivity (Wildman–Crippen MR) is 155 cm³/mol. The van der Waals surface area contributed by atoms with Crippen molar-refractivity contribution in [2.24, 2.45) is 0 Å². The number of nitrogens with one attached hydrogen (secondary N) is 2. The Bertz CT molecular complexity index is 1330. The van der Waals surface area contributed by atoms with Gasteiger partial charge in [0.15, 0.2) is 11.2 Å². The van der Waals surface area contributed by atoms with Gasteiger partial charge in [0.1, 0.15) is 22.2 Å². The van der Waals surface area contributed by atoms with Gasteiger partial charge in [-0.2, -0.15) is 0 Å². The molecular formula is C28H34N4O5S2. The van der Waals surface area contributed by atoms with Gasteiger partial charge in [-0.3, -0.25) is 14.3 Å². The van der Waals surface area contributed by atoms with E-state index in [4.69, 9.17) is 9.47 Å². The van der Waals surface area contributed by atoms with Crippen LogP contribution in [0, 0.1) is 6.92 Å². The highest BCUT2D eigenvalue weighted by atomic mass is 32.2. The van der Waals surface area contributed by atoms with Gasteiger partial charge in [0.2, 0.25) is 0 Å². The van der Waals surface area contributed by atoms with E-state index in [2.05, 4.69) is 33.1 Å². The molecular weight excluding hydrogens is 536 g/mol. The van der Waals surface area contributed by atoms with Gasteiger partial charge >= 0.3 is 0 Å². The Morgan fingerprint density at radius 2 is 1.77 bits per heavy atom. The van der Waals surface area contributed by atoms with Crippen LogP contribution >= 0.6 is 11.3 Å². The Hall–Kier alpha value is -3.54. The number of aromatic nitrogens is 1. The maximum Gasteiger partial charge on any atom is 0.283 e. The van der Waals surface area contributed by atoms with Crippen molar-refractivity contribution in [1.82, 2.24) is 19.3 Å². The number of methoxy groups -OCH3 is 2. The van der Waals surface area contributed by atoms with Crippen LogP contribution in [0.3, 0.4) is 0 Å². The van der Waals surface area contributed by atoms with E-state index in [0.717, 1.165) is 18.4 Å². The average molecular weight is 571 g/mol. The molecule has 2 N–H and O–H groups in total. The van der Waals surface area contributed by atoms with Gasteiger partial charge in [-0.05, 0) is 57.0 Å². The van der Waals surface area contributed by atoms with Crippen molar-refractivity contribution in [2.75, 3.05) is 27.8 Å². The largest absolute Gasteiger partial charge is 0.496 e. The number of nitrogens with zero attached hydrogens (tertiary/aromatic N) is 2. The Labute approximate surface area is 236 Å². The van der Waals surface area contributed by atoms with Crippen LogP contribution < -0.4 is 18.9 Å². The van der Waals surface area contributed by atoms with Crippen molar-refractivity contribution < 1.29 is 23.3 Å².